The summed E-state index contributed by atoms with van der Waals surface area (Å²) in [6.45, 7) is 0. The largest absolute Gasteiger partial charge is 0.404 e. The summed E-state index contributed by atoms with van der Waals surface area (Å²) >= 11 is 0. The topological polar surface area (TPSA) is 109 Å². The number of aromatic nitrogens is 1. The van der Waals surface area contributed by atoms with Crippen molar-refractivity contribution < 1.29 is 9.59 Å². The number of allylic oxidation sites excluding steroid dienone is 1. The van der Waals surface area contributed by atoms with E-state index < -0.39 is 0 Å². The summed E-state index contributed by atoms with van der Waals surface area (Å²) < 4.78 is 0. The van der Waals surface area contributed by atoms with Crippen LogP contribution in [-0.2, 0) is 11.2 Å². The van der Waals surface area contributed by atoms with Gasteiger partial charge in [-0.25, -0.2) is 0 Å². The fourth-order valence-electron chi connectivity index (χ4n) is 2.90. The van der Waals surface area contributed by atoms with Crippen LogP contribution in [0.4, 0.5) is 5.69 Å². The summed E-state index contributed by atoms with van der Waals surface area (Å²) in [6.07, 6.45) is 9.96. The molecule has 26 heavy (non-hydrogen) atoms. The standard InChI is InChI=1S/C20H18N4O2/c21-10-15(11-22)17-7-8-23-12-14(17)2-6-20(26)24-16-3-4-18-13(9-16)1-5-19(18)25/h2-4,6-12,21H,1,5,22H2,(H,24,26)/b6-2+,15-11+,21-10?. The first-order valence-electron chi connectivity index (χ1n) is 8.14. The molecule has 0 saturated heterocycles. The van der Waals surface area contributed by atoms with Gasteiger partial charge in [-0.15, -0.1) is 0 Å². The van der Waals surface area contributed by atoms with Gasteiger partial charge in [-0.3, -0.25) is 14.6 Å². The summed E-state index contributed by atoms with van der Waals surface area (Å²) in [5.41, 5.74) is 9.84. The van der Waals surface area contributed by atoms with E-state index in [1.807, 2.05) is 6.07 Å². The molecule has 2 aromatic rings. The number of Topliss-reactive ketones (excluding diaryl/α,β-unsaturated/α-hetero) is 1. The number of hydrogen-bond acceptors (Lipinski definition) is 5. The Kier molecular flexibility index (Phi) is 5.03. The second kappa shape index (κ2) is 7.57. The van der Waals surface area contributed by atoms with Crippen LogP contribution in [0.25, 0.3) is 11.6 Å². The van der Waals surface area contributed by atoms with Crippen LogP contribution < -0.4 is 11.1 Å². The van der Waals surface area contributed by atoms with Crippen molar-refractivity contribution >= 4 is 35.2 Å². The molecule has 1 heterocycles. The second-order valence-electron chi connectivity index (χ2n) is 5.85. The zero-order valence-corrected chi connectivity index (χ0v) is 14.0. The molecular weight excluding hydrogens is 328 g/mol. The van der Waals surface area contributed by atoms with Gasteiger partial charge in [-0.05, 0) is 47.9 Å². The molecule has 1 amide bonds. The lowest BCUT2D eigenvalue weighted by Gasteiger charge is -2.06. The predicted octanol–water partition coefficient (Wildman–Crippen LogP) is 2.81. The zero-order chi connectivity index (χ0) is 18.5. The lowest BCUT2D eigenvalue weighted by Crippen LogP contribution is -2.08. The van der Waals surface area contributed by atoms with Gasteiger partial charge in [0.15, 0.2) is 5.78 Å². The first-order valence-corrected chi connectivity index (χ1v) is 8.14. The number of benzene rings is 1. The van der Waals surface area contributed by atoms with Crippen molar-refractivity contribution in [3.8, 4) is 0 Å². The maximum absolute atomic E-state index is 12.2. The van der Waals surface area contributed by atoms with E-state index in [1.165, 1.54) is 12.3 Å². The number of amides is 1. The van der Waals surface area contributed by atoms with E-state index in [9.17, 15) is 9.59 Å². The minimum Gasteiger partial charge on any atom is -0.404 e. The molecule has 0 bridgehead atoms. The summed E-state index contributed by atoms with van der Waals surface area (Å²) in [5.74, 6) is -0.144. The molecule has 0 spiro atoms. The smallest absolute Gasteiger partial charge is 0.248 e. The zero-order valence-electron chi connectivity index (χ0n) is 14.0. The number of rotatable bonds is 5. The van der Waals surface area contributed by atoms with Gasteiger partial charge in [0, 0.05) is 59.7 Å². The number of nitrogens with two attached hydrogens (primary N) is 1. The van der Waals surface area contributed by atoms with Gasteiger partial charge in [-0.1, -0.05) is 0 Å². The van der Waals surface area contributed by atoms with Crippen LogP contribution in [0, 0.1) is 5.41 Å². The third-order valence-electron chi connectivity index (χ3n) is 4.21. The van der Waals surface area contributed by atoms with Gasteiger partial charge in [-0.2, -0.15) is 0 Å². The molecule has 130 valence electrons. The third-order valence-corrected chi connectivity index (χ3v) is 4.21. The van der Waals surface area contributed by atoms with Gasteiger partial charge in [0.1, 0.15) is 0 Å². The SMILES string of the molecule is N=C/C(=C\N)c1ccncc1/C=C/C(=O)Nc1ccc2c(c1)CCC2=O. The summed E-state index contributed by atoms with van der Waals surface area (Å²) in [4.78, 5) is 27.9. The van der Waals surface area contributed by atoms with E-state index in [1.54, 1.807) is 36.7 Å². The number of aryl methyl sites for hydroxylation is 1. The summed E-state index contributed by atoms with van der Waals surface area (Å²) in [7, 11) is 0. The van der Waals surface area contributed by atoms with E-state index in [0.29, 0.717) is 29.7 Å². The van der Waals surface area contributed by atoms with Crippen molar-refractivity contribution in [2.75, 3.05) is 5.32 Å². The van der Waals surface area contributed by atoms with Crippen LogP contribution in [0.2, 0.25) is 0 Å². The number of hydrogen-bond donors (Lipinski definition) is 3. The van der Waals surface area contributed by atoms with Crippen LogP contribution in [0.1, 0.15) is 33.5 Å². The minimum absolute atomic E-state index is 0.150. The molecule has 6 heteroatoms. The van der Waals surface area contributed by atoms with Crippen LogP contribution in [0.5, 0.6) is 0 Å². The molecule has 1 aromatic heterocycles. The average Bonchev–Trinajstić information content (AvgIpc) is 3.02. The quantitative estimate of drug-likeness (QED) is 0.571. The second-order valence-corrected chi connectivity index (χ2v) is 5.85. The highest BCUT2D eigenvalue weighted by atomic mass is 16.1. The van der Waals surface area contributed by atoms with Gasteiger partial charge in [0.25, 0.3) is 0 Å². The predicted molar refractivity (Wildman–Crippen MR) is 102 cm³/mol. The first-order chi connectivity index (χ1) is 12.6. The molecule has 1 aliphatic rings. The number of carbonyl (C=O) groups excluding carboxylic acids is 2. The van der Waals surface area contributed by atoms with E-state index in [0.717, 1.165) is 22.9 Å². The Labute approximate surface area is 151 Å². The molecule has 0 saturated carbocycles. The van der Waals surface area contributed by atoms with Gasteiger partial charge in [0.2, 0.25) is 5.91 Å². The number of ketones is 1. The average molecular weight is 346 g/mol. The normalized spacial score (nSPS) is 13.7. The highest BCUT2D eigenvalue weighted by Gasteiger charge is 2.19. The molecule has 1 aliphatic carbocycles. The Morgan fingerprint density at radius 1 is 1.27 bits per heavy atom. The van der Waals surface area contributed by atoms with Gasteiger partial charge >= 0.3 is 0 Å². The Bertz CT molecular complexity index is 945. The number of pyridine rings is 1. The Hall–Kier alpha value is -3.54. The highest BCUT2D eigenvalue weighted by molar-refractivity contribution is 6.10. The number of fused-ring (bicyclic) bond motifs is 1. The van der Waals surface area contributed by atoms with Gasteiger partial charge < -0.3 is 16.5 Å². The molecular formula is C20H18N4O2. The molecule has 0 radical (unpaired) electrons. The maximum Gasteiger partial charge on any atom is 0.248 e. The van der Waals surface area contributed by atoms with Crippen molar-refractivity contribution in [2.24, 2.45) is 5.73 Å². The summed E-state index contributed by atoms with van der Waals surface area (Å²) in [6, 6.07) is 7.06. The monoisotopic (exact) mass is 346 g/mol. The molecule has 3 rings (SSSR count). The van der Waals surface area contributed by atoms with Crippen molar-refractivity contribution in [1.29, 1.82) is 5.41 Å². The van der Waals surface area contributed by atoms with Crippen LogP contribution >= 0.6 is 0 Å². The van der Waals surface area contributed by atoms with Crippen molar-refractivity contribution in [2.45, 2.75) is 12.8 Å². The molecule has 0 unspecified atom stereocenters. The molecule has 1 aromatic carbocycles. The van der Waals surface area contributed by atoms with Crippen molar-refractivity contribution in [3.63, 3.8) is 0 Å². The fraction of sp³-hybridized carbons (Fsp3) is 0.100. The Balaban J connectivity index is 1.75. The lowest BCUT2D eigenvalue weighted by molar-refractivity contribution is -0.111. The van der Waals surface area contributed by atoms with Crippen LogP contribution in [-0.4, -0.2) is 22.9 Å². The Morgan fingerprint density at radius 3 is 2.88 bits per heavy atom. The molecule has 0 atom stereocenters. The van der Waals surface area contributed by atoms with Gasteiger partial charge in [0.05, 0.1) is 0 Å². The number of nitrogens with one attached hydrogen (secondary N) is 2. The molecule has 4 N–H and O–H groups in total. The lowest BCUT2D eigenvalue weighted by atomic mass is 10.0. The van der Waals surface area contributed by atoms with Crippen LogP contribution in [0.3, 0.4) is 0 Å². The molecule has 0 fully saturated rings. The van der Waals surface area contributed by atoms with Crippen LogP contribution in [0.15, 0.2) is 48.9 Å². The summed E-state index contributed by atoms with van der Waals surface area (Å²) in [5, 5.41) is 10.2. The maximum atomic E-state index is 12.2. The first kappa shape index (κ1) is 17.3. The number of carbonyl (C=O) groups is 2. The fourth-order valence-corrected chi connectivity index (χ4v) is 2.90. The van der Waals surface area contributed by atoms with Crippen molar-refractivity contribution in [1.82, 2.24) is 4.98 Å². The van der Waals surface area contributed by atoms with E-state index in [4.69, 9.17) is 11.1 Å². The van der Waals surface area contributed by atoms with E-state index in [2.05, 4.69) is 10.3 Å². The molecule has 0 aliphatic heterocycles. The number of nitrogens with zero attached hydrogens (tertiary/aromatic N) is 1. The van der Waals surface area contributed by atoms with E-state index in [-0.39, 0.29) is 11.7 Å². The van der Waals surface area contributed by atoms with E-state index >= 15 is 0 Å². The number of anilines is 1. The minimum atomic E-state index is -0.294. The third kappa shape index (κ3) is 3.59. The highest BCUT2D eigenvalue weighted by Crippen LogP contribution is 2.25. The molecule has 6 nitrogen and oxygen atoms in total. The van der Waals surface area contributed by atoms with Crippen molar-refractivity contribution in [3.05, 3.63) is 71.2 Å². The Morgan fingerprint density at radius 2 is 2.12 bits per heavy atom.